The quantitative estimate of drug-likeness (QED) is 0.611. The van der Waals surface area contributed by atoms with Gasteiger partial charge in [-0.1, -0.05) is 12.1 Å². The van der Waals surface area contributed by atoms with E-state index in [-0.39, 0.29) is 10.8 Å². The third kappa shape index (κ3) is 5.82. The number of rotatable bonds is 7. The minimum atomic E-state index is -3.66. The van der Waals surface area contributed by atoms with Crippen LogP contribution in [0.25, 0.3) is 0 Å². The van der Waals surface area contributed by atoms with E-state index < -0.39 is 10.0 Å². The van der Waals surface area contributed by atoms with Crippen LogP contribution in [0.3, 0.4) is 0 Å². The third-order valence-corrected chi connectivity index (χ3v) is 3.50. The molecule has 0 spiro atoms. The van der Waals surface area contributed by atoms with E-state index in [1.807, 2.05) is 7.05 Å². The van der Waals surface area contributed by atoms with Gasteiger partial charge >= 0.3 is 0 Å². The average molecular weight is 285 g/mol. The van der Waals surface area contributed by atoms with Crippen molar-refractivity contribution in [3.63, 3.8) is 0 Å². The number of nitrogens with two attached hydrogens (primary N) is 1. The predicted octanol–water partition coefficient (Wildman–Crippen LogP) is -0.0502. The van der Waals surface area contributed by atoms with Gasteiger partial charge in [0.1, 0.15) is 0 Å². The average Bonchev–Trinajstić information content (AvgIpc) is 2.36. The van der Waals surface area contributed by atoms with E-state index >= 15 is 0 Å². The number of sulfonamides is 1. The molecule has 0 fully saturated rings. The van der Waals surface area contributed by atoms with Gasteiger partial charge in [0.2, 0.25) is 15.9 Å². The molecule has 0 aromatic heterocycles. The lowest BCUT2D eigenvalue weighted by atomic mass is 10.2. The lowest BCUT2D eigenvalue weighted by molar-refractivity contribution is -0.121. The molecule has 6 nitrogen and oxygen atoms in total. The lowest BCUT2D eigenvalue weighted by Gasteiger charge is -2.06. The zero-order valence-electron chi connectivity index (χ0n) is 10.8. The largest absolute Gasteiger partial charge is 0.352 e. The van der Waals surface area contributed by atoms with Gasteiger partial charge in [-0.2, -0.15) is 0 Å². The molecule has 0 saturated heterocycles. The fourth-order valence-electron chi connectivity index (χ4n) is 1.51. The summed E-state index contributed by atoms with van der Waals surface area (Å²) in [5.74, 6) is -0.0224. The summed E-state index contributed by atoms with van der Waals surface area (Å²) in [6, 6.07) is 6.12. The van der Waals surface area contributed by atoms with Crippen LogP contribution >= 0.6 is 0 Å². The molecule has 0 unspecified atom stereocenters. The normalized spacial score (nSPS) is 11.3. The second-order valence-corrected chi connectivity index (χ2v) is 5.73. The van der Waals surface area contributed by atoms with Crippen LogP contribution in [0.4, 0.5) is 0 Å². The van der Waals surface area contributed by atoms with Gasteiger partial charge in [0.15, 0.2) is 0 Å². The van der Waals surface area contributed by atoms with Crippen LogP contribution in [0.1, 0.15) is 18.4 Å². The number of hydrogen-bond acceptors (Lipinski definition) is 4. The van der Waals surface area contributed by atoms with Crippen molar-refractivity contribution in [2.45, 2.75) is 24.3 Å². The summed E-state index contributed by atoms with van der Waals surface area (Å²) >= 11 is 0. The maximum absolute atomic E-state index is 11.5. The Morgan fingerprint density at radius 1 is 1.26 bits per heavy atom. The summed E-state index contributed by atoms with van der Waals surface area (Å²) in [5.41, 5.74) is 0.828. The van der Waals surface area contributed by atoms with E-state index in [2.05, 4.69) is 10.6 Å². The van der Waals surface area contributed by atoms with Crippen LogP contribution in [0, 0.1) is 0 Å². The van der Waals surface area contributed by atoms with Crippen molar-refractivity contribution >= 4 is 15.9 Å². The summed E-state index contributed by atoms with van der Waals surface area (Å²) in [5, 5.41) is 10.7. The van der Waals surface area contributed by atoms with Gasteiger partial charge in [0.05, 0.1) is 4.90 Å². The van der Waals surface area contributed by atoms with E-state index in [9.17, 15) is 13.2 Å². The molecule has 0 radical (unpaired) electrons. The third-order valence-electron chi connectivity index (χ3n) is 2.57. The fraction of sp³-hybridized carbons (Fsp3) is 0.417. The van der Waals surface area contributed by atoms with Gasteiger partial charge in [-0.25, -0.2) is 13.6 Å². The smallest absolute Gasteiger partial charge is 0.238 e. The number of hydrogen-bond donors (Lipinski definition) is 3. The van der Waals surface area contributed by atoms with E-state index in [4.69, 9.17) is 5.14 Å². The molecule has 0 atom stereocenters. The molecule has 0 saturated carbocycles. The number of carbonyl (C=O) groups is 1. The van der Waals surface area contributed by atoms with Gasteiger partial charge in [-0.05, 0) is 37.7 Å². The van der Waals surface area contributed by atoms with Gasteiger partial charge < -0.3 is 10.6 Å². The minimum absolute atomic E-state index is 0.0224. The van der Waals surface area contributed by atoms with Gasteiger partial charge in [-0.15, -0.1) is 0 Å². The molecule has 1 aromatic carbocycles. The van der Waals surface area contributed by atoms with Crippen LogP contribution < -0.4 is 15.8 Å². The first-order chi connectivity index (χ1) is 8.93. The van der Waals surface area contributed by atoms with Crippen LogP contribution in [0.2, 0.25) is 0 Å². The molecule has 1 aromatic rings. The minimum Gasteiger partial charge on any atom is -0.352 e. The molecule has 0 aliphatic heterocycles. The Morgan fingerprint density at radius 2 is 1.89 bits per heavy atom. The Kier molecular flexibility index (Phi) is 5.94. The molecular weight excluding hydrogens is 266 g/mol. The number of amides is 1. The highest BCUT2D eigenvalue weighted by Crippen LogP contribution is 2.08. The van der Waals surface area contributed by atoms with E-state index in [0.717, 1.165) is 18.5 Å². The fourth-order valence-corrected chi connectivity index (χ4v) is 2.03. The first kappa shape index (κ1) is 15.6. The monoisotopic (exact) mass is 285 g/mol. The van der Waals surface area contributed by atoms with Crippen molar-refractivity contribution in [2.24, 2.45) is 5.14 Å². The van der Waals surface area contributed by atoms with Gasteiger partial charge in [0.25, 0.3) is 0 Å². The molecule has 4 N–H and O–H groups in total. The zero-order valence-corrected chi connectivity index (χ0v) is 11.7. The number of primary sulfonamides is 1. The van der Waals surface area contributed by atoms with Crippen molar-refractivity contribution in [2.75, 3.05) is 13.6 Å². The van der Waals surface area contributed by atoms with Crippen molar-refractivity contribution in [1.29, 1.82) is 0 Å². The Morgan fingerprint density at radius 3 is 2.42 bits per heavy atom. The van der Waals surface area contributed by atoms with Gasteiger partial charge in [-0.3, -0.25) is 4.79 Å². The van der Waals surface area contributed by atoms with Crippen LogP contribution in [-0.4, -0.2) is 27.9 Å². The van der Waals surface area contributed by atoms with E-state index in [1.165, 1.54) is 12.1 Å². The lowest BCUT2D eigenvalue weighted by Crippen LogP contribution is -2.23. The highest BCUT2D eigenvalue weighted by atomic mass is 32.2. The number of nitrogens with one attached hydrogen (secondary N) is 2. The van der Waals surface area contributed by atoms with Crippen LogP contribution in [0.15, 0.2) is 29.2 Å². The highest BCUT2D eigenvalue weighted by Gasteiger charge is 2.07. The van der Waals surface area contributed by atoms with Crippen LogP contribution in [0.5, 0.6) is 0 Å². The van der Waals surface area contributed by atoms with E-state index in [0.29, 0.717) is 13.0 Å². The Labute approximate surface area is 113 Å². The molecule has 0 bridgehead atoms. The topological polar surface area (TPSA) is 101 Å². The number of carbonyl (C=O) groups excluding carboxylic acids is 1. The molecule has 0 aliphatic carbocycles. The van der Waals surface area contributed by atoms with E-state index in [1.54, 1.807) is 12.1 Å². The molecule has 7 heteroatoms. The maximum atomic E-state index is 11.5. The first-order valence-corrected chi connectivity index (χ1v) is 7.51. The zero-order chi connectivity index (χ0) is 14.3. The first-order valence-electron chi connectivity index (χ1n) is 5.96. The van der Waals surface area contributed by atoms with Crippen LogP contribution in [-0.2, 0) is 21.4 Å². The Balaban J connectivity index is 2.44. The Bertz CT molecular complexity index is 512. The Hall–Kier alpha value is -1.44. The molecule has 106 valence electrons. The summed E-state index contributed by atoms with van der Waals surface area (Å²) in [6.45, 7) is 1.18. The second kappa shape index (κ2) is 7.22. The summed E-state index contributed by atoms with van der Waals surface area (Å²) in [4.78, 5) is 11.5. The molecular formula is C12H19N3O3S. The summed E-state index contributed by atoms with van der Waals surface area (Å²) < 4.78 is 22.1. The van der Waals surface area contributed by atoms with Crippen molar-refractivity contribution in [1.82, 2.24) is 10.6 Å². The molecule has 19 heavy (non-hydrogen) atoms. The number of benzene rings is 1. The van der Waals surface area contributed by atoms with Crippen molar-refractivity contribution < 1.29 is 13.2 Å². The summed E-state index contributed by atoms with van der Waals surface area (Å²) in [6.07, 6.45) is 1.25. The van der Waals surface area contributed by atoms with Crippen molar-refractivity contribution in [3.8, 4) is 0 Å². The summed E-state index contributed by atoms with van der Waals surface area (Å²) in [7, 11) is -1.82. The molecule has 0 heterocycles. The highest BCUT2D eigenvalue weighted by molar-refractivity contribution is 7.89. The van der Waals surface area contributed by atoms with Gasteiger partial charge in [0, 0.05) is 13.0 Å². The standard InChI is InChI=1S/C12H19N3O3S/c1-14-8-2-3-12(16)15-9-10-4-6-11(7-5-10)19(13,17)18/h4-7,14H,2-3,8-9H2,1H3,(H,15,16)(H2,13,17,18). The maximum Gasteiger partial charge on any atom is 0.238 e. The van der Waals surface area contributed by atoms with Crippen molar-refractivity contribution in [3.05, 3.63) is 29.8 Å². The molecule has 1 amide bonds. The molecule has 0 aliphatic rings. The second-order valence-electron chi connectivity index (χ2n) is 4.17. The predicted molar refractivity (Wildman–Crippen MR) is 72.8 cm³/mol. The SMILES string of the molecule is CNCCCC(=O)NCc1ccc(S(N)(=O)=O)cc1. The molecule has 1 rings (SSSR count).